The van der Waals surface area contributed by atoms with Gasteiger partial charge in [-0.1, -0.05) is 24.3 Å². The van der Waals surface area contributed by atoms with Gasteiger partial charge in [-0.3, -0.25) is 4.79 Å². The number of ether oxygens (including phenoxy) is 1. The van der Waals surface area contributed by atoms with Crippen molar-refractivity contribution in [1.82, 2.24) is 5.32 Å². The van der Waals surface area contributed by atoms with Crippen molar-refractivity contribution < 1.29 is 14.6 Å². The minimum Gasteiger partial charge on any atom is -0.390 e. The minimum absolute atomic E-state index is 0.00882. The third-order valence-electron chi connectivity index (χ3n) is 3.16. The van der Waals surface area contributed by atoms with Crippen molar-refractivity contribution in [2.75, 3.05) is 6.61 Å². The smallest absolute Gasteiger partial charge is 0.246 e. The summed E-state index contributed by atoms with van der Waals surface area (Å²) >= 11 is 0. The number of fused-ring (bicyclic) bond motifs is 1. The Morgan fingerprint density at radius 2 is 2.11 bits per heavy atom. The molecule has 0 spiro atoms. The van der Waals surface area contributed by atoms with E-state index in [1.165, 1.54) is 0 Å². The maximum atomic E-state index is 11.9. The molecular weight excluding hydrogens is 242 g/mol. The van der Waals surface area contributed by atoms with Crippen LogP contribution in [-0.2, 0) is 16.0 Å². The molecule has 0 saturated carbocycles. The fourth-order valence-electron chi connectivity index (χ4n) is 2.25. The molecule has 1 aromatic carbocycles. The van der Waals surface area contributed by atoms with Crippen LogP contribution in [0.25, 0.3) is 0 Å². The molecule has 4 nitrogen and oxygen atoms in total. The first-order chi connectivity index (χ1) is 8.87. The SMILES string of the molecule is CC(C)(C)OCC(=O)N[C@H]1c2ccccc2C[C@H]1O. The molecule has 2 rings (SSSR count). The van der Waals surface area contributed by atoms with Gasteiger partial charge in [0.1, 0.15) is 6.61 Å². The Kier molecular flexibility index (Phi) is 3.92. The molecule has 0 fully saturated rings. The van der Waals surface area contributed by atoms with Crippen LogP contribution in [0.4, 0.5) is 0 Å². The Morgan fingerprint density at radius 1 is 1.42 bits per heavy atom. The molecule has 0 saturated heterocycles. The van der Waals surface area contributed by atoms with Crippen LogP contribution < -0.4 is 5.32 Å². The van der Waals surface area contributed by atoms with E-state index < -0.39 is 6.10 Å². The highest BCUT2D eigenvalue weighted by Gasteiger charge is 2.31. The summed E-state index contributed by atoms with van der Waals surface area (Å²) in [5.41, 5.74) is 1.75. The van der Waals surface area contributed by atoms with Crippen LogP contribution in [0, 0.1) is 0 Å². The first-order valence-electron chi connectivity index (χ1n) is 6.56. The molecule has 0 aliphatic heterocycles. The van der Waals surface area contributed by atoms with E-state index in [0.29, 0.717) is 6.42 Å². The van der Waals surface area contributed by atoms with Gasteiger partial charge in [0, 0.05) is 6.42 Å². The highest BCUT2D eigenvalue weighted by atomic mass is 16.5. The summed E-state index contributed by atoms with van der Waals surface area (Å²) in [7, 11) is 0. The van der Waals surface area contributed by atoms with Gasteiger partial charge in [0.05, 0.1) is 17.7 Å². The Bertz CT molecular complexity index is 465. The van der Waals surface area contributed by atoms with E-state index in [9.17, 15) is 9.90 Å². The molecule has 0 aromatic heterocycles. The lowest BCUT2D eigenvalue weighted by atomic mass is 10.1. The van der Waals surface area contributed by atoms with Gasteiger partial charge in [-0.25, -0.2) is 0 Å². The van der Waals surface area contributed by atoms with E-state index in [2.05, 4.69) is 5.32 Å². The molecule has 19 heavy (non-hydrogen) atoms. The van der Waals surface area contributed by atoms with E-state index in [1.807, 2.05) is 45.0 Å². The zero-order valence-electron chi connectivity index (χ0n) is 11.6. The highest BCUT2D eigenvalue weighted by molar-refractivity contribution is 5.78. The van der Waals surface area contributed by atoms with E-state index in [0.717, 1.165) is 11.1 Å². The van der Waals surface area contributed by atoms with Crippen LogP contribution in [0.1, 0.15) is 37.9 Å². The Balaban J connectivity index is 1.98. The molecule has 0 unspecified atom stereocenters. The van der Waals surface area contributed by atoms with Gasteiger partial charge in [0.2, 0.25) is 5.91 Å². The van der Waals surface area contributed by atoms with E-state index in [4.69, 9.17) is 4.74 Å². The van der Waals surface area contributed by atoms with Gasteiger partial charge in [-0.15, -0.1) is 0 Å². The second kappa shape index (κ2) is 5.31. The largest absolute Gasteiger partial charge is 0.390 e. The van der Waals surface area contributed by atoms with Crippen molar-refractivity contribution in [2.24, 2.45) is 0 Å². The summed E-state index contributed by atoms with van der Waals surface area (Å²) in [5, 5.41) is 12.9. The molecule has 1 aliphatic rings. The van der Waals surface area contributed by atoms with E-state index in [-0.39, 0.29) is 24.2 Å². The fraction of sp³-hybridized carbons (Fsp3) is 0.533. The van der Waals surface area contributed by atoms with Gasteiger partial charge in [-0.05, 0) is 31.9 Å². The summed E-state index contributed by atoms with van der Waals surface area (Å²) < 4.78 is 5.43. The Labute approximate surface area is 113 Å². The number of nitrogens with one attached hydrogen (secondary N) is 1. The van der Waals surface area contributed by atoms with Gasteiger partial charge >= 0.3 is 0 Å². The minimum atomic E-state index is -0.559. The standard InChI is InChI=1S/C15H21NO3/c1-15(2,3)19-9-13(18)16-14-11-7-5-4-6-10(11)8-12(14)17/h4-7,12,14,17H,8-9H2,1-3H3,(H,16,18)/t12-,14+/m1/s1. The highest BCUT2D eigenvalue weighted by Crippen LogP contribution is 2.31. The van der Waals surface area contributed by atoms with Crippen molar-refractivity contribution in [3.63, 3.8) is 0 Å². The molecular formula is C15H21NO3. The van der Waals surface area contributed by atoms with Crippen LogP contribution in [0.5, 0.6) is 0 Å². The van der Waals surface area contributed by atoms with Crippen LogP contribution in [0.15, 0.2) is 24.3 Å². The number of carbonyl (C=O) groups is 1. The number of aliphatic hydroxyl groups is 1. The van der Waals surface area contributed by atoms with Crippen LogP contribution in [0.3, 0.4) is 0 Å². The number of carbonyl (C=O) groups excluding carboxylic acids is 1. The summed E-state index contributed by atoms with van der Waals surface area (Å²) in [6.07, 6.45) is 0.0253. The lowest BCUT2D eigenvalue weighted by Gasteiger charge is -2.22. The quantitative estimate of drug-likeness (QED) is 0.870. The second-order valence-corrected chi connectivity index (χ2v) is 5.92. The third-order valence-corrected chi connectivity index (χ3v) is 3.16. The molecule has 4 heteroatoms. The number of hydrogen-bond donors (Lipinski definition) is 2. The van der Waals surface area contributed by atoms with E-state index >= 15 is 0 Å². The average molecular weight is 263 g/mol. The molecule has 1 aromatic rings. The van der Waals surface area contributed by atoms with Crippen molar-refractivity contribution >= 4 is 5.91 Å². The van der Waals surface area contributed by atoms with Crippen molar-refractivity contribution in [1.29, 1.82) is 0 Å². The summed E-state index contributed by atoms with van der Waals surface area (Å²) in [4.78, 5) is 11.9. The second-order valence-electron chi connectivity index (χ2n) is 5.92. The van der Waals surface area contributed by atoms with Gasteiger partial charge in [-0.2, -0.15) is 0 Å². The number of hydrogen-bond acceptors (Lipinski definition) is 3. The van der Waals surface area contributed by atoms with Crippen molar-refractivity contribution in [3.05, 3.63) is 35.4 Å². The number of amides is 1. The zero-order chi connectivity index (χ0) is 14.0. The first kappa shape index (κ1) is 14.0. The summed E-state index contributed by atoms with van der Waals surface area (Å²) in [5.74, 6) is -0.198. The van der Waals surface area contributed by atoms with Crippen LogP contribution >= 0.6 is 0 Å². The molecule has 2 N–H and O–H groups in total. The third kappa shape index (κ3) is 3.55. The number of rotatable bonds is 3. The van der Waals surface area contributed by atoms with Crippen LogP contribution in [-0.4, -0.2) is 29.3 Å². The lowest BCUT2D eigenvalue weighted by molar-refractivity contribution is -0.132. The van der Waals surface area contributed by atoms with Crippen LogP contribution in [0.2, 0.25) is 0 Å². The molecule has 0 heterocycles. The summed E-state index contributed by atoms with van der Waals surface area (Å²) in [6, 6.07) is 7.46. The normalized spacial score (nSPS) is 22.1. The average Bonchev–Trinajstić information content (AvgIpc) is 2.63. The Morgan fingerprint density at radius 3 is 2.79 bits per heavy atom. The molecule has 2 atom stereocenters. The molecule has 1 aliphatic carbocycles. The summed E-state index contributed by atoms with van der Waals surface area (Å²) in [6.45, 7) is 5.72. The van der Waals surface area contributed by atoms with Crippen molar-refractivity contribution in [3.8, 4) is 0 Å². The van der Waals surface area contributed by atoms with Gasteiger partial charge in [0.25, 0.3) is 0 Å². The molecule has 0 bridgehead atoms. The maximum absolute atomic E-state index is 11.9. The topological polar surface area (TPSA) is 58.6 Å². The fourth-order valence-corrected chi connectivity index (χ4v) is 2.25. The molecule has 104 valence electrons. The number of aliphatic hydroxyl groups excluding tert-OH is 1. The predicted molar refractivity (Wildman–Crippen MR) is 72.7 cm³/mol. The zero-order valence-corrected chi connectivity index (χ0v) is 11.6. The maximum Gasteiger partial charge on any atom is 0.246 e. The first-order valence-corrected chi connectivity index (χ1v) is 6.56. The van der Waals surface area contributed by atoms with Crippen molar-refractivity contribution in [2.45, 2.75) is 44.9 Å². The predicted octanol–water partition coefficient (Wildman–Crippen LogP) is 1.58. The molecule has 0 radical (unpaired) electrons. The van der Waals surface area contributed by atoms with Gasteiger partial charge in [0.15, 0.2) is 0 Å². The number of benzene rings is 1. The van der Waals surface area contributed by atoms with E-state index in [1.54, 1.807) is 0 Å². The monoisotopic (exact) mass is 263 g/mol. The lowest BCUT2D eigenvalue weighted by Crippen LogP contribution is -2.37. The molecule has 1 amide bonds. The Hall–Kier alpha value is -1.39. The van der Waals surface area contributed by atoms with Gasteiger partial charge < -0.3 is 15.2 Å².